The maximum absolute atomic E-state index is 5.85. The Balaban J connectivity index is 1.63. The molecule has 0 unspecified atom stereocenters. The molecule has 0 atom stereocenters. The summed E-state index contributed by atoms with van der Waals surface area (Å²) in [6.07, 6.45) is 4.28. The molecule has 2 saturated heterocycles. The number of hydrogen-bond donors (Lipinski definition) is 1. The SMILES string of the molecule is C1CC(N2CCOC3(CNC3)C2)C1. The van der Waals surface area contributed by atoms with Gasteiger partial charge in [0, 0.05) is 32.2 Å². The van der Waals surface area contributed by atoms with Crippen LogP contribution in [0.25, 0.3) is 0 Å². The number of nitrogens with zero attached hydrogens (tertiary/aromatic N) is 1. The minimum atomic E-state index is 0.202. The number of hydrogen-bond acceptors (Lipinski definition) is 3. The zero-order chi connectivity index (χ0) is 8.73. The highest BCUT2D eigenvalue weighted by Gasteiger charge is 2.44. The lowest BCUT2D eigenvalue weighted by Gasteiger charge is -2.52. The molecule has 2 heterocycles. The lowest BCUT2D eigenvalue weighted by atomic mass is 9.87. The van der Waals surface area contributed by atoms with Crippen LogP contribution in [0.5, 0.6) is 0 Å². The number of ether oxygens (including phenoxy) is 1. The minimum Gasteiger partial charge on any atom is -0.370 e. The first-order valence-electron chi connectivity index (χ1n) is 5.47. The Labute approximate surface area is 79.4 Å². The number of nitrogens with one attached hydrogen (secondary N) is 1. The first kappa shape index (κ1) is 8.21. The maximum Gasteiger partial charge on any atom is 0.106 e. The van der Waals surface area contributed by atoms with Crippen molar-refractivity contribution in [2.75, 3.05) is 32.8 Å². The lowest BCUT2D eigenvalue weighted by Crippen LogP contribution is -2.70. The summed E-state index contributed by atoms with van der Waals surface area (Å²) in [6.45, 7) is 5.40. The van der Waals surface area contributed by atoms with E-state index in [9.17, 15) is 0 Å². The van der Waals surface area contributed by atoms with Crippen molar-refractivity contribution in [2.45, 2.75) is 30.9 Å². The summed E-state index contributed by atoms with van der Waals surface area (Å²) in [4.78, 5) is 2.65. The van der Waals surface area contributed by atoms with Crippen LogP contribution >= 0.6 is 0 Å². The van der Waals surface area contributed by atoms with Crippen LogP contribution in [-0.2, 0) is 4.74 Å². The van der Waals surface area contributed by atoms with Gasteiger partial charge in [0.1, 0.15) is 5.60 Å². The van der Waals surface area contributed by atoms with E-state index in [1.54, 1.807) is 0 Å². The lowest BCUT2D eigenvalue weighted by molar-refractivity contribution is -0.148. The van der Waals surface area contributed by atoms with Crippen LogP contribution in [0.2, 0.25) is 0 Å². The molecule has 0 aromatic rings. The van der Waals surface area contributed by atoms with Crippen molar-refractivity contribution < 1.29 is 4.74 Å². The maximum atomic E-state index is 5.85. The van der Waals surface area contributed by atoms with Gasteiger partial charge in [-0.05, 0) is 12.8 Å². The van der Waals surface area contributed by atoms with Crippen LogP contribution in [-0.4, -0.2) is 49.3 Å². The molecule has 3 aliphatic rings. The zero-order valence-electron chi connectivity index (χ0n) is 8.09. The van der Waals surface area contributed by atoms with E-state index in [4.69, 9.17) is 4.74 Å². The molecule has 0 bridgehead atoms. The van der Waals surface area contributed by atoms with E-state index in [0.717, 1.165) is 32.3 Å². The molecular formula is C10H18N2O. The number of rotatable bonds is 1. The van der Waals surface area contributed by atoms with E-state index in [0.29, 0.717) is 0 Å². The highest BCUT2D eigenvalue weighted by atomic mass is 16.5. The van der Waals surface area contributed by atoms with Crippen molar-refractivity contribution in [2.24, 2.45) is 0 Å². The molecular weight excluding hydrogens is 164 g/mol. The highest BCUT2D eigenvalue weighted by molar-refractivity contribution is 5.00. The Kier molecular flexibility index (Phi) is 1.86. The van der Waals surface area contributed by atoms with Crippen LogP contribution in [0.15, 0.2) is 0 Å². The molecule has 3 heteroatoms. The molecule has 1 aliphatic carbocycles. The third-order valence-electron chi connectivity index (χ3n) is 3.76. The van der Waals surface area contributed by atoms with Gasteiger partial charge in [-0.3, -0.25) is 4.90 Å². The van der Waals surface area contributed by atoms with E-state index < -0.39 is 0 Å². The van der Waals surface area contributed by atoms with Crippen LogP contribution in [0.1, 0.15) is 19.3 Å². The van der Waals surface area contributed by atoms with Gasteiger partial charge in [0.25, 0.3) is 0 Å². The monoisotopic (exact) mass is 182 g/mol. The predicted molar refractivity (Wildman–Crippen MR) is 50.8 cm³/mol. The van der Waals surface area contributed by atoms with Crippen molar-refractivity contribution in [3.05, 3.63) is 0 Å². The molecule has 0 radical (unpaired) electrons. The molecule has 1 saturated carbocycles. The molecule has 0 aromatic carbocycles. The summed E-state index contributed by atoms with van der Waals surface area (Å²) >= 11 is 0. The fourth-order valence-electron chi connectivity index (χ4n) is 2.56. The standard InChI is InChI=1S/C10H18N2O/c1-2-9(3-1)12-4-5-13-10(8-12)6-11-7-10/h9,11H,1-8H2. The summed E-state index contributed by atoms with van der Waals surface area (Å²) in [5, 5.41) is 3.32. The molecule has 1 spiro atoms. The fourth-order valence-corrected chi connectivity index (χ4v) is 2.56. The summed E-state index contributed by atoms with van der Waals surface area (Å²) in [5.41, 5.74) is 0.202. The Bertz CT molecular complexity index is 199. The van der Waals surface area contributed by atoms with E-state index >= 15 is 0 Å². The van der Waals surface area contributed by atoms with Crippen molar-refractivity contribution in [1.82, 2.24) is 10.2 Å². The van der Waals surface area contributed by atoms with Gasteiger partial charge in [-0.1, -0.05) is 6.42 Å². The second kappa shape index (κ2) is 2.94. The Morgan fingerprint density at radius 2 is 2.15 bits per heavy atom. The fraction of sp³-hybridized carbons (Fsp3) is 1.00. The summed E-state index contributed by atoms with van der Waals surface area (Å²) in [5.74, 6) is 0. The van der Waals surface area contributed by atoms with Gasteiger partial charge in [-0.25, -0.2) is 0 Å². The van der Waals surface area contributed by atoms with Crippen molar-refractivity contribution in [3.63, 3.8) is 0 Å². The van der Waals surface area contributed by atoms with Gasteiger partial charge in [-0.2, -0.15) is 0 Å². The van der Waals surface area contributed by atoms with Crippen LogP contribution in [0.3, 0.4) is 0 Å². The van der Waals surface area contributed by atoms with E-state index in [1.807, 2.05) is 0 Å². The molecule has 3 rings (SSSR count). The van der Waals surface area contributed by atoms with Gasteiger partial charge >= 0.3 is 0 Å². The van der Waals surface area contributed by atoms with E-state index in [2.05, 4.69) is 10.2 Å². The van der Waals surface area contributed by atoms with Crippen LogP contribution < -0.4 is 5.32 Å². The quantitative estimate of drug-likeness (QED) is 0.627. The zero-order valence-corrected chi connectivity index (χ0v) is 8.09. The first-order valence-corrected chi connectivity index (χ1v) is 5.47. The molecule has 1 N–H and O–H groups in total. The van der Waals surface area contributed by atoms with Crippen LogP contribution in [0, 0.1) is 0 Å². The topological polar surface area (TPSA) is 24.5 Å². The van der Waals surface area contributed by atoms with Gasteiger partial charge in [0.05, 0.1) is 6.61 Å². The van der Waals surface area contributed by atoms with Gasteiger partial charge < -0.3 is 10.1 Å². The third-order valence-corrected chi connectivity index (χ3v) is 3.76. The highest BCUT2D eigenvalue weighted by Crippen LogP contribution is 2.30. The molecule has 3 nitrogen and oxygen atoms in total. The van der Waals surface area contributed by atoms with Gasteiger partial charge in [0.15, 0.2) is 0 Å². The van der Waals surface area contributed by atoms with E-state index in [1.165, 1.54) is 25.8 Å². The molecule has 3 fully saturated rings. The molecule has 2 aliphatic heterocycles. The van der Waals surface area contributed by atoms with Gasteiger partial charge in [-0.15, -0.1) is 0 Å². The first-order chi connectivity index (χ1) is 6.38. The Hall–Kier alpha value is -0.120. The normalized spacial score (nSPS) is 34.2. The largest absolute Gasteiger partial charge is 0.370 e. The van der Waals surface area contributed by atoms with Crippen LogP contribution in [0.4, 0.5) is 0 Å². The summed E-state index contributed by atoms with van der Waals surface area (Å²) in [6, 6.07) is 0.890. The summed E-state index contributed by atoms with van der Waals surface area (Å²) < 4.78 is 5.85. The second-order valence-corrected chi connectivity index (χ2v) is 4.69. The minimum absolute atomic E-state index is 0.202. The Morgan fingerprint density at radius 3 is 2.69 bits per heavy atom. The van der Waals surface area contributed by atoms with Gasteiger partial charge in [0.2, 0.25) is 0 Å². The van der Waals surface area contributed by atoms with Crippen molar-refractivity contribution in [1.29, 1.82) is 0 Å². The molecule has 0 amide bonds. The molecule has 13 heavy (non-hydrogen) atoms. The third kappa shape index (κ3) is 1.30. The van der Waals surface area contributed by atoms with Crippen molar-refractivity contribution in [3.8, 4) is 0 Å². The second-order valence-electron chi connectivity index (χ2n) is 4.69. The van der Waals surface area contributed by atoms with Crippen molar-refractivity contribution >= 4 is 0 Å². The molecule has 74 valence electrons. The molecule has 0 aromatic heterocycles. The smallest absolute Gasteiger partial charge is 0.106 e. The summed E-state index contributed by atoms with van der Waals surface area (Å²) in [7, 11) is 0. The van der Waals surface area contributed by atoms with E-state index in [-0.39, 0.29) is 5.60 Å². The Morgan fingerprint density at radius 1 is 1.31 bits per heavy atom. The predicted octanol–water partition coefficient (Wildman–Crippen LogP) is 0.213. The average molecular weight is 182 g/mol. The average Bonchev–Trinajstić information content (AvgIpc) is 1.99. The number of morpholine rings is 1.